The molecule has 4 aromatic rings. The van der Waals surface area contributed by atoms with Gasteiger partial charge in [-0.2, -0.15) is 26.3 Å². The van der Waals surface area contributed by atoms with Gasteiger partial charge in [0.05, 0.1) is 11.1 Å². The van der Waals surface area contributed by atoms with Gasteiger partial charge in [-0.15, -0.1) is 0 Å². The van der Waals surface area contributed by atoms with Crippen LogP contribution in [-0.2, 0) is 23.6 Å². The summed E-state index contributed by atoms with van der Waals surface area (Å²) in [6.07, 6.45) is -8.91. The van der Waals surface area contributed by atoms with Gasteiger partial charge in [-0.1, -0.05) is 54.6 Å². The van der Waals surface area contributed by atoms with Crippen LogP contribution in [0.1, 0.15) is 54.2 Å². The molecule has 2 amide bonds. The summed E-state index contributed by atoms with van der Waals surface area (Å²) in [5.74, 6) is -0.371. The molecule has 1 heterocycles. The first-order valence-corrected chi connectivity index (χ1v) is 16.5. The van der Waals surface area contributed by atoms with E-state index in [1.807, 2.05) is 30.3 Å². The predicted octanol–water partition coefficient (Wildman–Crippen LogP) is 9.20. The number of ether oxygens (including phenoxy) is 1. The van der Waals surface area contributed by atoms with E-state index < -0.39 is 41.1 Å². The Bertz CT molecular complexity index is 1730. The van der Waals surface area contributed by atoms with Crippen molar-refractivity contribution in [2.75, 3.05) is 19.6 Å². The molecular formula is C39H39F6N3O3. The van der Waals surface area contributed by atoms with Gasteiger partial charge in [-0.25, -0.2) is 4.79 Å². The fourth-order valence-electron chi connectivity index (χ4n) is 6.11. The second kappa shape index (κ2) is 15.2. The monoisotopic (exact) mass is 711 g/mol. The zero-order valence-corrected chi connectivity index (χ0v) is 28.4. The normalized spacial score (nSPS) is 16.9. The van der Waals surface area contributed by atoms with Crippen LogP contribution in [0, 0.1) is 5.92 Å². The summed E-state index contributed by atoms with van der Waals surface area (Å²) >= 11 is 0. The van der Waals surface area contributed by atoms with Crippen LogP contribution >= 0.6 is 0 Å². The molecule has 0 aliphatic carbocycles. The van der Waals surface area contributed by atoms with E-state index >= 15 is 0 Å². The second-order valence-corrected chi connectivity index (χ2v) is 13.7. The molecule has 12 heteroatoms. The van der Waals surface area contributed by atoms with Gasteiger partial charge >= 0.3 is 18.4 Å². The molecule has 1 aliphatic heterocycles. The molecule has 0 bridgehead atoms. The van der Waals surface area contributed by atoms with Crippen molar-refractivity contribution in [3.8, 4) is 22.3 Å². The van der Waals surface area contributed by atoms with Crippen LogP contribution in [0.2, 0.25) is 0 Å². The minimum atomic E-state index is -4.54. The molecule has 0 spiro atoms. The lowest BCUT2D eigenvalue weighted by Crippen LogP contribution is -2.39. The quantitative estimate of drug-likeness (QED) is 0.170. The van der Waals surface area contributed by atoms with Crippen molar-refractivity contribution in [3.05, 3.63) is 119 Å². The van der Waals surface area contributed by atoms with E-state index in [-0.39, 0.29) is 24.1 Å². The molecule has 5 rings (SSSR count). The second-order valence-electron chi connectivity index (χ2n) is 13.7. The fraction of sp³-hybridized carbons (Fsp3) is 0.333. The highest BCUT2D eigenvalue weighted by Gasteiger charge is 2.34. The number of carbonyl (C=O) groups is 2. The van der Waals surface area contributed by atoms with Crippen molar-refractivity contribution in [1.82, 2.24) is 15.5 Å². The average molecular weight is 712 g/mol. The SMILES string of the molecule is CC(C)(C)OC(=O)NC[C@H]1C[C@@H](CNC(=O)c2cc(-c3ccc(C(F)(F)F)cc3)cc(-c3ccc(C(F)(F)F)cc3)c2)N(Cc2ccccc2)C1. The van der Waals surface area contributed by atoms with E-state index in [2.05, 4.69) is 15.5 Å². The van der Waals surface area contributed by atoms with E-state index in [4.69, 9.17) is 4.74 Å². The molecule has 270 valence electrons. The number of hydrogen-bond acceptors (Lipinski definition) is 4. The molecular weight excluding hydrogens is 672 g/mol. The number of hydrogen-bond donors (Lipinski definition) is 2. The van der Waals surface area contributed by atoms with Gasteiger partial charge in [0.25, 0.3) is 5.91 Å². The first-order chi connectivity index (χ1) is 23.9. The minimum absolute atomic E-state index is 0.0809. The highest BCUT2D eigenvalue weighted by molar-refractivity contribution is 5.97. The maximum atomic E-state index is 13.7. The zero-order valence-electron chi connectivity index (χ0n) is 28.4. The number of benzene rings is 4. The third-order valence-electron chi connectivity index (χ3n) is 8.56. The molecule has 2 N–H and O–H groups in total. The third-order valence-corrected chi connectivity index (χ3v) is 8.56. The lowest BCUT2D eigenvalue weighted by molar-refractivity contribution is -0.138. The summed E-state index contributed by atoms with van der Waals surface area (Å²) in [5, 5.41) is 5.84. The van der Waals surface area contributed by atoms with Crippen LogP contribution in [0.5, 0.6) is 0 Å². The summed E-state index contributed by atoms with van der Waals surface area (Å²) in [6.45, 7) is 7.28. The molecule has 4 aromatic carbocycles. The van der Waals surface area contributed by atoms with Crippen molar-refractivity contribution in [1.29, 1.82) is 0 Å². The van der Waals surface area contributed by atoms with Crippen molar-refractivity contribution in [2.45, 2.75) is 57.7 Å². The number of alkyl carbamates (subject to hydrolysis) is 1. The first kappa shape index (κ1) is 37.4. The Hall–Kier alpha value is -4.84. The van der Waals surface area contributed by atoms with Crippen LogP contribution in [0.4, 0.5) is 31.1 Å². The topological polar surface area (TPSA) is 70.7 Å². The summed E-state index contributed by atoms with van der Waals surface area (Å²) in [6, 6.07) is 23.4. The maximum Gasteiger partial charge on any atom is 0.416 e. The summed E-state index contributed by atoms with van der Waals surface area (Å²) < 4.78 is 84.9. The van der Waals surface area contributed by atoms with Crippen LogP contribution in [-0.4, -0.2) is 48.2 Å². The lowest BCUT2D eigenvalue weighted by atomic mass is 9.94. The molecule has 1 aliphatic rings. The number of alkyl halides is 6. The minimum Gasteiger partial charge on any atom is -0.444 e. The molecule has 0 unspecified atom stereocenters. The average Bonchev–Trinajstić information content (AvgIpc) is 3.46. The van der Waals surface area contributed by atoms with E-state index in [9.17, 15) is 35.9 Å². The van der Waals surface area contributed by atoms with Gasteiger partial charge in [-0.05, 0) is 103 Å². The van der Waals surface area contributed by atoms with Crippen LogP contribution < -0.4 is 10.6 Å². The molecule has 1 saturated heterocycles. The van der Waals surface area contributed by atoms with E-state index in [0.29, 0.717) is 48.3 Å². The van der Waals surface area contributed by atoms with Crippen molar-refractivity contribution in [2.24, 2.45) is 5.92 Å². The van der Waals surface area contributed by atoms with Crippen molar-refractivity contribution >= 4 is 12.0 Å². The predicted molar refractivity (Wildman–Crippen MR) is 183 cm³/mol. The van der Waals surface area contributed by atoms with Gasteiger partial charge in [-0.3, -0.25) is 9.69 Å². The summed E-state index contributed by atoms with van der Waals surface area (Å²) in [4.78, 5) is 28.3. The van der Waals surface area contributed by atoms with Crippen molar-refractivity contribution < 1.29 is 40.7 Å². The number of nitrogens with one attached hydrogen (secondary N) is 2. The van der Waals surface area contributed by atoms with Gasteiger partial charge < -0.3 is 15.4 Å². The number of halogens is 6. The number of amides is 2. The highest BCUT2D eigenvalue weighted by atomic mass is 19.4. The summed E-state index contributed by atoms with van der Waals surface area (Å²) in [7, 11) is 0. The van der Waals surface area contributed by atoms with Crippen LogP contribution in [0.15, 0.2) is 97.1 Å². The molecule has 0 radical (unpaired) electrons. The molecule has 2 atom stereocenters. The molecule has 6 nitrogen and oxygen atoms in total. The number of nitrogens with zero attached hydrogens (tertiary/aromatic N) is 1. The Morgan fingerprint density at radius 1 is 0.706 bits per heavy atom. The number of likely N-dealkylation sites (tertiary alicyclic amines) is 1. The Kier molecular flexibility index (Phi) is 11.1. The largest absolute Gasteiger partial charge is 0.444 e. The van der Waals surface area contributed by atoms with E-state index in [1.165, 1.54) is 24.3 Å². The standard InChI is InChI=1S/C39H39F6N3O3/c1-37(2,3)51-36(50)47-21-26-17-34(48(24-26)23-25-7-5-4-6-8-25)22-46-35(49)31-19-29(27-9-13-32(14-10-27)38(40,41)42)18-30(20-31)28-11-15-33(16-12-28)39(43,44)45/h4-16,18-20,26,34H,17,21-24H2,1-3H3,(H,46,49)(H,47,50)/t26-,34+/m1/s1. The summed E-state index contributed by atoms with van der Waals surface area (Å²) in [5.41, 5.74) is 0.614. The Morgan fingerprint density at radius 3 is 1.73 bits per heavy atom. The molecule has 0 aromatic heterocycles. The van der Waals surface area contributed by atoms with E-state index in [0.717, 1.165) is 29.8 Å². The smallest absolute Gasteiger partial charge is 0.416 e. The maximum absolute atomic E-state index is 13.7. The third kappa shape index (κ3) is 10.3. The molecule has 51 heavy (non-hydrogen) atoms. The molecule has 0 saturated carbocycles. The lowest BCUT2D eigenvalue weighted by Gasteiger charge is -2.25. The van der Waals surface area contributed by atoms with Crippen LogP contribution in [0.25, 0.3) is 22.3 Å². The van der Waals surface area contributed by atoms with Crippen molar-refractivity contribution in [3.63, 3.8) is 0 Å². The zero-order chi connectivity index (χ0) is 37.0. The van der Waals surface area contributed by atoms with Gasteiger partial charge in [0, 0.05) is 37.8 Å². The van der Waals surface area contributed by atoms with Gasteiger partial charge in [0.1, 0.15) is 5.60 Å². The van der Waals surface area contributed by atoms with Crippen LogP contribution in [0.3, 0.4) is 0 Å². The highest BCUT2D eigenvalue weighted by Crippen LogP contribution is 2.35. The Morgan fingerprint density at radius 2 is 1.24 bits per heavy atom. The fourth-order valence-corrected chi connectivity index (χ4v) is 6.11. The number of carbonyl (C=O) groups excluding carboxylic acids is 2. The van der Waals surface area contributed by atoms with Gasteiger partial charge in [0.15, 0.2) is 0 Å². The Labute approximate surface area is 292 Å². The van der Waals surface area contributed by atoms with E-state index in [1.54, 1.807) is 39.0 Å². The first-order valence-electron chi connectivity index (χ1n) is 16.5. The number of rotatable bonds is 9. The Balaban J connectivity index is 1.38. The van der Waals surface area contributed by atoms with Gasteiger partial charge in [0.2, 0.25) is 0 Å². The molecule has 1 fully saturated rings.